The van der Waals surface area contributed by atoms with Gasteiger partial charge in [-0.3, -0.25) is 4.79 Å². The number of halogens is 2. The molecule has 2 aliphatic heterocycles. The lowest BCUT2D eigenvalue weighted by Crippen LogP contribution is -2.46. The molecule has 0 radical (unpaired) electrons. The first-order valence-corrected chi connectivity index (χ1v) is 7.70. The van der Waals surface area contributed by atoms with Crippen LogP contribution < -0.4 is 5.32 Å². The van der Waals surface area contributed by atoms with E-state index in [9.17, 15) is 4.79 Å². The summed E-state index contributed by atoms with van der Waals surface area (Å²) in [5.41, 5.74) is 0.552. The van der Waals surface area contributed by atoms with Crippen LogP contribution in [0.3, 0.4) is 0 Å². The Hall–Kier alpha value is -0.290. The molecular weight excluding hydrogens is 291 g/mol. The van der Waals surface area contributed by atoms with Crippen molar-refractivity contribution < 1.29 is 4.79 Å². The number of nitrogens with one attached hydrogen (secondary N) is 1. The standard InChI is InChI=1S/C12H14Cl2N2OS/c13-10-5-8(11(14)18-10)12(17)16-4-2-9-7(6-16)1-3-15-9/h5,7,9,15H,1-4,6H2. The second-order valence-electron chi connectivity index (χ2n) is 4.89. The van der Waals surface area contributed by atoms with Crippen molar-refractivity contribution in [2.45, 2.75) is 18.9 Å². The lowest BCUT2D eigenvalue weighted by molar-refractivity contribution is 0.0663. The molecule has 0 bridgehead atoms. The van der Waals surface area contributed by atoms with Crippen LogP contribution in [0.1, 0.15) is 23.2 Å². The van der Waals surface area contributed by atoms with Crippen molar-refractivity contribution >= 4 is 40.4 Å². The summed E-state index contributed by atoms with van der Waals surface area (Å²) in [7, 11) is 0. The van der Waals surface area contributed by atoms with Crippen LogP contribution >= 0.6 is 34.5 Å². The lowest BCUT2D eigenvalue weighted by atomic mass is 9.93. The summed E-state index contributed by atoms with van der Waals surface area (Å²) in [5.74, 6) is 0.615. The van der Waals surface area contributed by atoms with E-state index in [1.807, 2.05) is 4.90 Å². The van der Waals surface area contributed by atoms with Crippen LogP contribution in [0.4, 0.5) is 0 Å². The van der Waals surface area contributed by atoms with Crippen LogP contribution in [0.5, 0.6) is 0 Å². The van der Waals surface area contributed by atoms with E-state index in [1.165, 1.54) is 11.3 Å². The van der Waals surface area contributed by atoms with Crippen molar-refractivity contribution in [3.05, 3.63) is 20.3 Å². The van der Waals surface area contributed by atoms with Crippen LogP contribution in [0.15, 0.2) is 6.07 Å². The highest BCUT2D eigenvalue weighted by Gasteiger charge is 2.35. The second-order valence-corrected chi connectivity index (χ2v) is 7.17. The number of carbonyl (C=O) groups excluding carboxylic acids is 1. The lowest BCUT2D eigenvalue weighted by Gasteiger charge is -2.34. The van der Waals surface area contributed by atoms with Crippen molar-refractivity contribution in [1.29, 1.82) is 0 Å². The second kappa shape index (κ2) is 5.00. The Labute approximate surface area is 120 Å². The average molecular weight is 305 g/mol. The van der Waals surface area contributed by atoms with Crippen LogP contribution in [0.2, 0.25) is 8.67 Å². The van der Waals surface area contributed by atoms with Crippen molar-refractivity contribution in [2.75, 3.05) is 19.6 Å². The van der Waals surface area contributed by atoms with Gasteiger partial charge in [-0.15, -0.1) is 11.3 Å². The van der Waals surface area contributed by atoms with Gasteiger partial charge in [-0.1, -0.05) is 23.2 Å². The van der Waals surface area contributed by atoms with E-state index < -0.39 is 0 Å². The van der Waals surface area contributed by atoms with Gasteiger partial charge in [0.05, 0.1) is 9.90 Å². The van der Waals surface area contributed by atoms with Gasteiger partial charge in [-0.05, 0) is 31.4 Å². The summed E-state index contributed by atoms with van der Waals surface area (Å²) in [6, 6.07) is 2.27. The molecule has 0 spiro atoms. The van der Waals surface area contributed by atoms with Crippen LogP contribution in [-0.4, -0.2) is 36.5 Å². The third-order valence-corrected chi connectivity index (χ3v) is 5.32. The van der Waals surface area contributed by atoms with Gasteiger partial charge in [0, 0.05) is 19.1 Å². The minimum atomic E-state index is 0.0218. The highest BCUT2D eigenvalue weighted by atomic mass is 35.5. The molecule has 3 heterocycles. The fourth-order valence-electron chi connectivity index (χ4n) is 2.89. The van der Waals surface area contributed by atoms with Gasteiger partial charge < -0.3 is 10.2 Å². The normalized spacial score (nSPS) is 27.3. The maximum Gasteiger partial charge on any atom is 0.256 e. The summed E-state index contributed by atoms with van der Waals surface area (Å²) >= 11 is 13.2. The molecule has 0 aliphatic carbocycles. The molecule has 98 valence electrons. The molecule has 0 aromatic carbocycles. The SMILES string of the molecule is O=C(c1cc(Cl)sc1Cl)N1CCC2NCCC2C1. The molecule has 1 amide bonds. The number of hydrogen-bond donors (Lipinski definition) is 1. The highest BCUT2D eigenvalue weighted by Crippen LogP contribution is 2.33. The molecule has 0 saturated carbocycles. The fraction of sp³-hybridized carbons (Fsp3) is 0.583. The van der Waals surface area contributed by atoms with E-state index in [2.05, 4.69) is 5.32 Å². The fourth-order valence-corrected chi connectivity index (χ4v) is 4.34. The van der Waals surface area contributed by atoms with Gasteiger partial charge in [0.1, 0.15) is 4.34 Å². The third kappa shape index (κ3) is 2.27. The zero-order valence-corrected chi connectivity index (χ0v) is 12.1. The maximum absolute atomic E-state index is 12.4. The smallest absolute Gasteiger partial charge is 0.256 e. The number of hydrogen-bond acceptors (Lipinski definition) is 3. The first kappa shape index (κ1) is 12.7. The number of fused-ring (bicyclic) bond motifs is 1. The molecule has 3 rings (SSSR count). The van der Waals surface area contributed by atoms with E-state index in [4.69, 9.17) is 23.2 Å². The number of carbonyl (C=O) groups is 1. The summed E-state index contributed by atoms with van der Waals surface area (Å²) in [5, 5.41) is 3.49. The highest BCUT2D eigenvalue weighted by molar-refractivity contribution is 7.20. The number of likely N-dealkylation sites (tertiary alicyclic amines) is 1. The minimum absolute atomic E-state index is 0.0218. The molecule has 1 N–H and O–H groups in total. The molecule has 1 aromatic heterocycles. The molecule has 2 fully saturated rings. The Kier molecular flexibility index (Phi) is 3.54. The van der Waals surface area contributed by atoms with Crippen LogP contribution in [0, 0.1) is 5.92 Å². The summed E-state index contributed by atoms with van der Waals surface area (Å²) < 4.78 is 1.07. The summed E-state index contributed by atoms with van der Waals surface area (Å²) in [4.78, 5) is 14.3. The molecule has 2 saturated heterocycles. The topological polar surface area (TPSA) is 32.3 Å². The summed E-state index contributed by atoms with van der Waals surface area (Å²) in [6.07, 6.45) is 2.19. The Morgan fingerprint density at radius 3 is 3.00 bits per heavy atom. The molecule has 2 aliphatic rings. The number of thiophene rings is 1. The van der Waals surface area contributed by atoms with E-state index in [-0.39, 0.29) is 5.91 Å². The molecule has 18 heavy (non-hydrogen) atoms. The first-order valence-electron chi connectivity index (χ1n) is 6.12. The molecular formula is C12H14Cl2N2OS. The van der Waals surface area contributed by atoms with Gasteiger partial charge in [-0.25, -0.2) is 0 Å². The molecule has 1 aromatic rings. The Morgan fingerprint density at radius 2 is 2.28 bits per heavy atom. The van der Waals surface area contributed by atoms with Gasteiger partial charge in [0.25, 0.3) is 5.91 Å². The predicted octanol–water partition coefficient (Wildman–Crippen LogP) is 2.88. The van der Waals surface area contributed by atoms with Gasteiger partial charge in [0.2, 0.25) is 0 Å². The van der Waals surface area contributed by atoms with E-state index in [0.29, 0.717) is 26.2 Å². The van der Waals surface area contributed by atoms with E-state index in [1.54, 1.807) is 6.07 Å². The molecule has 3 nitrogen and oxygen atoms in total. The van der Waals surface area contributed by atoms with Crippen molar-refractivity contribution in [3.8, 4) is 0 Å². The van der Waals surface area contributed by atoms with Crippen LogP contribution in [0.25, 0.3) is 0 Å². The largest absolute Gasteiger partial charge is 0.338 e. The summed E-state index contributed by atoms with van der Waals surface area (Å²) in [6.45, 7) is 2.71. The number of amides is 1. The Morgan fingerprint density at radius 1 is 1.44 bits per heavy atom. The number of piperidine rings is 1. The third-order valence-electron chi connectivity index (χ3n) is 3.83. The number of nitrogens with zero attached hydrogens (tertiary/aromatic N) is 1. The zero-order valence-electron chi connectivity index (χ0n) is 9.79. The first-order chi connectivity index (χ1) is 8.65. The van der Waals surface area contributed by atoms with Crippen LogP contribution in [-0.2, 0) is 0 Å². The van der Waals surface area contributed by atoms with Crippen molar-refractivity contribution in [1.82, 2.24) is 10.2 Å². The molecule has 2 unspecified atom stereocenters. The monoisotopic (exact) mass is 304 g/mol. The average Bonchev–Trinajstić information content (AvgIpc) is 2.93. The minimum Gasteiger partial charge on any atom is -0.338 e. The predicted molar refractivity (Wildman–Crippen MR) is 74.8 cm³/mol. The van der Waals surface area contributed by atoms with E-state index >= 15 is 0 Å². The molecule has 6 heteroatoms. The number of rotatable bonds is 1. The quantitative estimate of drug-likeness (QED) is 0.865. The van der Waals surface area contributed by atoms with Crippen molar-refractivity contribution in [3.63, 3.8) is 0 Å². The van der Waals surface area contributed by atoms with E-state index in [0.717, 1.165) is 32.5 Å². The van der Waals surface area contributed by atoms with Gasteiger partial charge in [-0.2, -0.15) is 0 Å². The zero-order chi connectivity index (χ0) is 12.7. The van der Waals surface area contributed by atoms with Gasteiger partial charge in [0.15, 0.2) is 0 Å². The Bertz CT molecular complexity index is 477. The van der Waals surface area contributed by atoms with Gasteiger partial charge >= 0.3 is 0 Å². The Balaban J connectivity index is 1.75. The maximum atomic E-state index is 12.4. The van der Waals surface area contributed by atoms with Crippen molar-refractivity contribution in [2.24, 2.45) is 5.92 Å². The molecule has 2 atom stereocenters.